The van der Waals surface area contributed by atoms with Crippen molar-refractivity contribution in [2.45, 2.75) is 17.4 Å². The minimum absolute atomic E-state index is 0.0805. The van der Waals surface area contributed by atoms with Crippen LogP contribution in [0.3, 0.4) is 0 Å². The summed E-state index contributed by atoms with van der Waals surface area (Å²) in [6.45, 7) is 2.29. The quantitative estimate of drug-likeness (QED) is 0.644. The number of benzene rings is 1. The van der Waals surface area contributed by atoms with Crippen LogP contribution in [0.15, 0.2) is 29.2 Å². The number of hydrogen-bond acceptors (Lipinski definition) is 5. The summed E-state index contributed by atoms with van der Waals surface area (Å²) in [4.78, 5) is 11.9. The van der Waals surface area contributed by atoms with Gasteiger partial charge in [-0.05, 0) is 24.1 Å². The molecule has 1 aliphatic rings. The van der Waals surface area contributed by atoms with Crippen molar-refractivity contribution in [3.05, 3.63) is 29.8 Å². The topological polar surface area (TPSA) is 111 Å². The molecule has 1 aromatic rings. The zero-order valence-electron chi connectivity index (χ0n) is 11.5. The monoisotopic (exact) mass is 313 g/mol. The molecule has 1 atom stereocenters. The van der Waals surface area contributed by atoms with Crippen molar-refractivity contribution in [1.29, 1.82) is 0 Å². The molecule has 1 amide bonds. The lowest BCUT2D eigenvalue weighted by molar-refractivity contribution is -0.134. The van der Waals surface area contributed by atoms with E-state index < -0.39 is 16.1 Å². The maximum atomic E-state index is 11.8. The molecule has 4 N–H and O–H groups in total. The zero-order valence-corrected chi connectivity index (χ0v) is 12.4. The summed E-state index contributed by atoms with van der Waals surface area (Å²) in [5.41, 5.74) is 0.922. The van der Waals surface area contributed by atoms with Gasteiger partial charge in [-0.25, -0.2) is 13.6 Å². The minimum Gasteiger partial charge on any atom is -0.366 e. The Bertz CT molecular complexity index is 580. The first-order valence-electron chi connectivity index (χ1n) is 6.68. The molecule has 1 aromatic carbocycles. The molecule has 1 unspecified atom stereocenters. The van der Waals surface area contributed by atoms with Crippen LogP contribution in [0.25, 0.3) is 0 Å². The normalized spacial score (nSPS) is 19.2. The molecule has 0 saturated carbocycles. The Morgan fingerprint density at radius 2 is 2.10 bits per heavy atom. The lowest BCUT2D eigenvalue weighted by atomic mass is 10.1. The third kappa shape index (κ3) is 4.78. The van der Waals surface area contributed by atoms with Crippen LogP contribution in [0.4, 0.5) is 0 Å². The van der Waals surface area contributed by atoms with Crippen LogP contribution in [0.1, 0.15) is 5.56 Å². The summed E-state index contributed by atoms with van der Waals surface area (Å²) in [7, 11) is -3.66. The van der Waals surface area contributed by atoms with Gasteiger partial charge in [-0.15, -0.1) is 0 Å². The maximum Gasteiger partial charge on any atom is 0.250 e. The molecule has 116 valence electrons. The van der Waals surface area contributed by atoms with Gasteiger partial charge in [0.25, 0.3) is 0 Å². The molecule has 0 aliphatic carbocycles. The van der Waals surface area contributed by atoms with Crippen molar-refractivity contribution in [2.75, 3.05) is 26.2 Å². The Balaban J connectivity index is 1.79. The molecule has 0 bridgehead atoms. The van der Waals surface area contributed by atoms with Gasteiger partial charge >= 0.3 is 0 Å². The number of amides is 1. The molecule has 21 heavy (non-hydrogen) atoms. The van der Waals surface area contributed by atoms with E-state index in [2.05, 4.69) is 10.6 Å². The Labute approximate surface area is 123 Å². The molecular formula is C13H19N3O4S. The van der Waals surface area contributed by atoms with Gasteiger partial charge in [0.15, 0.2) is 0 Å². The van der Waals surface area contributed by atoms with Gasteiger partial charge in [-0.2, -0.15) is 0 Å². The lowest BCUT2D eigenvalue weighted by Crippen LogP contribution is -2.48. The van der Waals surface area contributed by atoms with Crippen LogP contribution in [0.2, 0.25) is 0 Å². The fourth-order valence-electron chi connectivity index (χ4n) is 2.02. The molecule has 7 nitrogen and oxygen atoms in total. The molecule has 1 aliphatic heterocycles. The molecule has 1 saturated heterocycles. The van der Waals surface area contributed by atoms with Crippen LogP contribution in [-0.2, 0) is 26.0 Å². The van der Waals surface area contributed by atoms with Gasteiger partial charge < -0.3 is 15.4 Å². The summed E-state index contributed by atoms with van der Waals surface area (Å²) < 4.78 is 27.6. The summed E-state index contributed by atoms with van der Waals surface area (Å²) in [5.74, 6) is -0.136. The molecular weight excluding hydrogens is 294 g/mol. The van der Waals surface area contributed by atoms with Crippen LogP contribution in [0, 0.1) is 0 Å². The second kappa shape index (κ2) is 6.99. The standard InChI is InChI=1S/C13H19N3O4S/c14-21(18,19)11-3-1-10(2-4-11)5-6-16-13(17)12-9-15-7-8-20-12/h1-4,12,15H,5-9H2,(H,16,17)(H2,14,18,19). The number of nitrogens with two attached hydrogens (primary N) is 1. The first kappa shape index (κ1) is 15.9. The van der Waals surface area contributed by atoms with Gasteiger partial charge in [-0.1, -0.05) is 12.1 Å². The molecule has 0 aromatic heterocycles. The number of rotatable bonds is 5. The molecule has 8 heteroatoms. The van der Waals surface area contributed by atoms with E-state index in [0.29, 0.717) is 26.1 Å². The van der Waals surface area contributed by atoms with Crippen LogP contribution < -0.4 is 15.8 Å². The van der Waals surface area contributed by atoms with Crippen molar-refractivity contribution < 1.29 is 17.9 Å². The summed E-state index contributed by atoms with van der Waals surface area (Å²) >= 11 is 0. The zero-order chi connectivity index (χ0) is 15.3. The second-order valence-corrected chi connectivity index (χ2v) is 6.35. The van der Waals surface area contributed by atoms with Crippen LogP contribution >= 0.6 is 0 Å². The fourth-order valence-corrected chi connectivity index (χ4v) is 2.54. The predicted molar refractivity (Wildman–Crippen MR) is 77.1 cm³/mol. The van der Waals surface area contributed by atoms with Crippen molar-refractivity contribution in [3.8, 4) is 0 Å². The highest BCUT2D eigenvalue weighted by Gasteiger charge is 2.20. The van der Waals surface area contributed by atoms with Crippen molar-refractivity contribution in [1.82, 2.24) is 10.6 Å². The van der Waals surface area contributed by atoms with E-state index in [4.69, 9.17) is 9.88 Å². The third-order valence-corrected chi connectivity index (χ3v) is 4.11. The number of carbonyl (C=O) groups excluding carboxylic acids is 1. The van der Waals surface area contributed by atoms with Gasteiger partial charge in [0.1, 0.15) is 6.10 Å². The van der Waals surface area contributed by atoms with E-state index in [1.54, 1.807) is 12.1 Å². The Morgan fingerprint density at radius 3 is 2.67 bits per heavy atom. The highest BCUT2D eigenvalue weighted by Crippen LogP contribution is 2.09. The van der Waals surface area contributed by atoms with Gasteiger partial charge in [-0.3, -0.25) is 4.79 Å². The number of carbonyl (C=O) groups is 1. The van der Waals surface area contributed by atoms with E-state index >= 15 is 0 Å². The summed E-state index contributed by atoms with van der Waals surface area (Å²) in [5, 5.41) is 10.9. The molecule has 2 rings (SSSR count). The Morgan fingerprint density at radius 1 is 1.38 bits per heavy atom. The van der Waals surface area contributed by atoms with E-state index in [1.165, 1.54) is 12.1 Å². The number of nitrogens with one attached hydrogen (secondary N) is 2. The van der Waals surface area contributed by atoms with Crippen molar-refractivity contribution in [2.24, 2.45) is 5.14 Å². The highest BCUT2D eigenvalue weighted by molar-refractivity contribution is 7.89. The lowest BCUT2D eigenvalue weighted by Gasteiger charge is -2.22. The third-order valence-electron chi connectivity index (χ3n) is 3.18. The fraction of sp³-hybridized carbons (Fsp3) is 0.462. The highest BCUT2D eigenvalue weighted by atomic mass is 32.2. The van der Waals surface area contributed by atoms with E-state index in [1.807, 2.05) is 0 Å². The average Bonchev–Trinajstić information content (AvgIpc) is 2.47. The van der Waals surface area contributed by atoms with Crippen LogP contribution in [0.5, 0.6) is 0 Å². The van der Waals surface area contributed by atoms with E-state index in [0.717, 1.165) is 12.1 Å². The molecule has 0 spiro atoms. The molecule has 1 fully saturated rings. The number of sulfonamides is 1. The predicted octanol–water partition coefficient (Wildman–Crippen LogP) is -1.02. The summed E-state index contributed by atoms with van der Waals surface area (Å²) in [6.07, 6.45) is 0.167. The minimum atomic E-state index is -3.66. The van der Waals surface area contributed by atoms with E-state index in [9.17, 15) is 13.2 Å². The number of hydrogen-bond donors (Lipinski definition) is 3. The largest absolute Gasteiger partial charge is 0.366 e. The summed E-state index contributed by atoms with van der Waals surface area (Å²) in [6, 6.07) is 6.29. The SMILES string of the molecule is NS(=O)(=O)c1ccc(CCNC(=O)C2CNCCO2)cc1. The number of ether oxygens (including phenoxy) is 1. The van der Waals surface area contributed by atoms with Gasteiger partial charge in [0.05, 0.1) is 11.5 Å². The first-order valence-corrected chi connectivity index (χ1v) is 8.23. The smallest absolute Gasteiger partial charge is 0.250 e. The number of morpholine rings is 1. The van der Waals surface area contributed by atoms with Gasteiger partial charge in [0, 0.05) is 19.6 Å². The van der Waals surface area contributed by atoms with Crippen molar-refractivity contribution in [3.63, 3.8) is 0 Å². The second-order valence-electron chi connectivity index (χ2n) is 4.79. The van der Waals surface area contributed by atoms with E-state index in [-0.39, 0.29) is 10.8 Å². The molecule has 1 heterocycles. The van der Waals surface area contributed by atoms with Crippen molar-refractivity contribution >= 4 is 15.9 Å². The number of primary sulfonamides is 1. The van der Waals surface area contributed by atoms with Gasteiger partial charge in [0.2, 0.25) is 15.9 Å². The average molecular weight is 313 g/mol. The Hall–Kier alpha value is -1.48. The van der Waals surface area contributed by atoms with Crippen LogP contribution in [-0.4, -0.2) is 46.7 Å². The molecule has 0 radical (unpaired) electrons. The Kier molecular flexibility index (Phi) is 5.29. The maximum absolute atomic E-state index is 11.8. The first-order chi connectivity index (χ1) is 9.97.